The molecule has 3 aromatic carbocycles. The summed E-state index contributed by atoms with van der Waals surface area (Å²) in [5, 5.41) is 0. The Morgan fingerprint density at radius 2 is 1.44 bits per heavy atom. The van der Waals surface area contributed by atoms with Crippen LogP contribution in [0, 0.1) is 6.92 Å². The number of nitrogens with zero attached hydrogens (tertiary/aromatic N) is 1. The van der Waals surface area contributed by atoms with Gasteiger partial charge in [-0.15, -0.1) is 0 Å². The molecule has 4 rings (SSSR count). The van der Waals surface area contributed by atoms with Gasteiger partial charge in [0.2, 0.25) is 5.89 Å². The first kappa shape index (κ1) is 15.6. The van der Waals surface area contributed by atoms with Crippen LogP contribution < -0.4 is 0 Å². The molecule has 25 heavy (non-hydrogen) atoms. The summed E-state index contributed by atoms with van der Waals surface area (Å²) in [5.74, 6) is 1.09. The quantitative estimate of drug-likeness (QED) is 0.424. The molecule has 0 aliphatic heterocycles. The second-order valence-corrected chi connectivity index (χ2v) is 6.82. The van der Waals surface area contributed by atoms with E-state index >= 15 is 0 Å². The molecule has 1 aromatic heterocycles. The van der Waals surface area contributed by atoms with Crippen molar-refractivity contribution in [1.82, 2.24) is 4.98 Å². The second-order valence-electron chi connectivity index (χ2n) is 6.82. The third-order valence-corrected chi connectivity index (χ3v) is 4.52. The molecular weight excluding hydrogens is 306 g/mol. The van der Waals surface area contributed by atoms with Crippen LogP contribution in [0.1, 0.15) is 30.9 Å². The van der Waals surface area contributed by atoms with Crippen LogP contribution in [0.25, 0.3) is 33.7 Å². The lowest BCUT2D eigenvalue weighted by atomic mass is 10.00. The number of fused-ring (bicyclic) bond motifs is 1. The Morgan fingerprint density at radius 1 is 0.800 bits per heavy atom. The van der Waals surface area contributed by atoms with Crippen molar-refractivity contribution >= 4 is 11.1 Å². The number of aromatic nitrogens is 1. The molecule has 0 N–H and O–H groups in total. The molecule has 0 saturated carbocycles. The number of benzene rings is 3. The molecule has 124 valence electrons. The van der Waals surface area contributed by atoms with Gasteiger partial charge in [0.1, 0.15) is 5.52 Å². The molecule has 0 aliphatic rings. The van der Waals surface area contributed by atoms with E-state index < -0.39 is 0 Å². The standard InChI is InChI=1S/C23H21NO/c1-15(2)20-13-16(3)14-21-22(20)25-23(24-21)19-11-9-18(10-12-19)17-7-5-4-6-8-17/h4-15H,1-3H3. The van der Waals surface area contributed by atoms with Gasteiger partial charge in [-0.1, -0.05) is 62.4 Å². The zero-order valence-corrected chi connectivity index (χ0v) is 14.8. The molecule has 4 aromatic rings. The van der Waals surface area contributed by atoms with Gasteiger partial charge in [-0.3, -0.25) is 0 Å². The van der Waals surface area contributed by atoms with Crippen molar-refractivity contribution in [2.45, 2.75) is 26.7 Å². The average molecular weight is 327 g/mol. The Kier molecular flexibility index (Phi) is 3.89. The minimum atomic E-state index is 0.406. The molecule has 2 nitrogen and oxygen atoms in total. The lowest BCUT2D eigenvalue weighted by molar-refractivity contribution is 0.611. The number of hydrogen-bond acceptors (Lipinski definition) is 2. The molecule has 0 spiro atoms. The number of oxazole rings is 1. The van der Waals surface area contributed by atoms with Gasteiger partial charge in [-0.2, -0.15) is 0 Å². The van der Waals surface area contributed by atoms with Crippen LogP contribution in [0.15, 0.2) is 71.1 Å². The molecule has 0 aliphatic carbocycles. The van der Waals surface area contributed by atoms with Crippen LogP contribution in [0.2, 0.25) is 0 Å². The highest BCUT2D eigenvalue weighted by atomic mass is 16.3. The van der Waals surface area contributed by atoms with Gasteiger partial charge >= 0.3 is 0 Å². The topological polar surface area (TPSA) is 26.0 Å². The highest BCUT2D eigenvalue weighted by molar-refractivity contribution is 5.81. The zero-order valence-electron chi connectivity index (χ0n) is 14.8. The van der Waals surface area contributed by atoms with E-state index in [1.807, 2.05) is 6.07 Å². The Hall–Kier alpha value is -2.87. The van der Waals surface area contributed by atoms with Crippen molar-refractivity contribution in [3.8, 4) is 22.6 Å². The van der Waals surface area contributed by atoms with Gasteiger partial charge in [-0.05, 0) is 53.3 Å². The van der Waals surface area contributed by atoms with Gasteiger partial charge in [0.15, 0.2) is 5.58 Å². The van der Waals surface area contributed by atoms with Crippen molar-refractivity contribution in [2.24, 2.45) is 0 Å². The summed E-state index contributed by atoms with van der Waals surface area (Å²) in [5.41, 5.74) is 7.69. The summed E-state index contributed by atoms with van der Waals surface area (Å²) in [6.07, 6.45) is 0. The van der Waals surface area contributed by atoms with Crippen LogP contribution in [0.4, 0.5) is 0 Å². The fourth-order valence-electron chi connectivity index (χ4n) is 3.19. The first-order chi connectivity index (χ1) is 12.1. The summed E-state index contributed by atoms with van der Waals surface area (Å²) >= 11 is 0. The summed E-state index contributed by atoms with van der Waals surface area (Å²) in [7, 11) is 0. The number of rotatable bonds is 3. The van der Waals surface area contributed by atoms with Crippen molar-refractivity contribution in [1.29, 1.82) is 0 Å². The van der Waals surface area contributed by atoms with E-state index in [1.165, 1.54) is 22.3 Å². The summed E-state index contributed by atoms with van der Waals surface area (Å²) in [6, 6.07) is 23.1. The Labute approximate surface area is 148 Å². The van der Waals surface area contributed by atoms with Gasteiger partial charge in [0.05, 0.1) is 0 Å². The Balaban J connectivity index is 1.76. The molecule has 0 fully saturated rings. The van der Waals surface area contributed by atoms with Crippen molar-refractivity contribution in [3.05, 3.63) is 77.9 Å². The van der Waals surface area contributed by atoms with Crippen LogP contribution in [0.5, 0.6) is 0 Å². The lowest BCUT2D eigenvalue weighted by Gasteiger charge is -2.06. The summed E-state index contributed by atoms with van der Waals surface area (Å²) < 4.78 is 6.14. The third-order valence-electron chi connectivity index (χ3n) is 4.52. The van der Waals surface area contributed by atoms with Gasteiger partial charge in [0.25, 0.3) is 0 Å². The molecule has 0 saturated heterocycles. The molecule has 0 bridgehead atoms. The third kappa shape index (κ3) is 2.96. The van der Waals surface area contributed by atoms with E-state index in [0.29, 0.717) is 11.8 Å². The van der Waals surface area contributed by atoms with E-state index in [-0.39, 0.29) is 0 Å². The monoisotopic (exact) mass is 327 g/mol. The van der Waals surface area contributed by atoms with Crippen LogP contribution >= 0.6 is 0 Å². The smallest absolute Gasteiger partial charge is 0.227 e. The van der Waals surface area contributed by atoms with Crippen molar-refractivity contribution in [2.75, 3.05) is 0 Å². The molecule has 2 heteroatoms. The van der Waals surface area contributed by atoms with Crippen LogP contribution in [-0.2, 0) is 0 Å². The first-order valence-corrected chi connectivity index (χ1v) is 8.69. The fourth-order valence-corrected chi connectivity index (χ4v) is 3.19. The predicted molar refractivity (Wildman–Crippen MR) is 104 cm³/mol. The van der Waals surface area contributed by atoms with E-state index in [1.54, 1.807) is 0 Å². The Morgan fingerprint density at radius 3 is 2.12 bits per heavy atom. The second kappa shape index (κ2) is 6.21. The maximum Gasteiger partial charge on any atom is 0.227 e. The predicted octanol–water partition coefficient (Wildman–Crippen LogP) is 6.59. The highest BCUT2D eigenvalue weighted by Crippen LogP contribution is 2.32. The molecule has 0 amide bonds. The van der Waals surface area contributed by atoms with E-state index in [2.05, 4.69) is 81.4 Å². The minimum Gasteiger partial charge on any atom is -0.436 e. The van der Waals surface area contributed by atoms with Gasteiger partial charge < -0.3 is 4.42 Å². The SMILES string of the molecule is Cc1cc(C(C)C)c2oc(-c3ccc(-c4ccccc4)cc3)nc2c1. The Bertz CT molecular complexity index is 1010. The number of hydrogen-bond donors (Lipinski definition) is 0. The molecular formula is C23H21NO. The normalized spacial score (nSPS) is 11.4. The van der Waals surface area contributed by atoms with E-state index in [0.717, 1.165) is 16.7 Å². The summed E-state index contributed by atoms with van der Waals surface area (Å²) in [4.78, 5) is 4.72. The largest absolute Gasteiger partial charge is 0.436 e. The van der Waals surface area contributed by atoms with E-state index in [9.17, 15) is 0 Å². The van der Waals surface area contributed by atoms with Crippen molar-refractivity contribution in [3.63, 3.8) is 0 Å². The van der Waals surface area contributed by atoms with E-state index in [4.69, 9.17) is 9.40 Å². The maximum atomic E-state index is 6.14. The highest BCUT2D eigenvalue weighted by Gasteiger charge is 2.14. The molecule has 0 radical (unpaired) electrons. The zero-order chi connectivity index (χ0) is 17.4. The van der Waals surface area contributed by atoms with Crippen LogP contribution in [0.3, 0.4) is 0 Å². The fraction of sp³-hybridized carbons (Fsp3) is 0.174. The summed E-state index contributed by atoms with van der Waals surface area (Å²) in [6.45, 7) is 6.48. The molecule has 0 unspecified atom stereocenters. The van der Waals surface area contributed by atoms with Gasteiger partial charge in [0, 0.05) is 5.56 Å². The van der Waals surface area contributed by atoms with Crippen molar-refractivity contribution < 1.29 is 4.42 Å². The first-order valence-electron chi connectivity index (χ1n) is 8.69. The maximum absolute atomic E-state index is 6.14. The van der Waals surface area contributed by atoms with Gasteiger partial charge in [-0.25, -0.2) is 4.98 Å². The van der Waals surface area contributed by atoms with Crippen LogP contribution in [-0.4, -0.2) is 4.98 Å². The lowest BCUT2D eigenvalue weighted by Crippen LogP contribution is -1.89. The number of aryl methyl sites for hydroxylation is 1. The average Bonchev–Trinajstić information content (AvgIpc) is 3.05. The molecule has 1 heterocycles. The molecule has 0 atom stereocenters. The minimum absolute atomic E-state index is 0.406.